The number of likely N-dealkylation sites (N-methyl/N-ethyl adjacent to an activating group) is 1. The second-order valence-electron chi connectivity index (χ2n) is 8.05. The summed E-state index contributed by atoms with van der Waals surface area (Å²) in [5.41, 5.74) is 0.456. The minimum absolute atomic E-state index is 0.00118. The van der Waals surface area contributed by atoms with Gasteiger partial charge in [-0.1, -0.05) is 0 Å². The quantitative estimate of drug-likeness (QED) is 0.116. The zero-order valence-electron chi connectivity index (χ0n) is 18.1. The summed E-state index contributed by atoms with van der Waals surface area (Å²) >= 11 is 0. The van der Waals surface area contributed by atoms with Crippen molar-refractivity contribution in [3.63, 3.8) is 0 Å². The van der Waals surface area contributed by atoms with Crippen molar-refractivity contribution in [1.82, 2.24) is 5.32 Å². The summed E-state index contributed by atoms with van der Waals surface area (Å²) in [5.74, 6) is -1.96. The number of phenolic OH excluding ortho intramolecular Hbond substituents is 2. The molecule has 2 aromatic carbocycles. The molecule has 1 aliphatic rings. The van der Waals surface area contributed by atoms with Crippen LogP contribution in [0.15, 0.2) is 24.3 Å². The molecule has 10 heteroatoms. The fraction of sp³-hybridized carbons (Fsp3) is 0.364. The molecule has 172 valence electrons. The molecule has 0 saturated heterocycles. The van der Waals surface area contributed by atoms with Gasteiger partial charge in [-0.2, -0.15) is 0 Å². The van der Waals surface area contributed by atoms with Crippen LogP contribution in [0.3, 0.4) is 0 Å². The predicted octanol–water partition coefficient (Wildman–Crippen LogP) is 0.853. The Morgan fingerprint density at radius 2 is 1.28 bits per heavy atom. The number of hydroxylamine groups is 3. The molecule has 0 aromatic heterocycles. The van der Waals surface area contributed by atoms with E-state index in [-0.39, 0.29) is 47.7 Å². The first-order valence-electron chi connectivity index (χ1n) is 10.3. The zero-order chi connectivity index (χ0) is 23.5. The van der Waals surface area contributed by atoms with Crippen LogP contribution >= 0.6 is 0 Å². The van der Waals surface area contributed by atoms with Gasteiger partial charge in [0.1, 0.15) is 11.5 Å². The third-order valence-electron chi connectivity index (χ3n) is 5.15. The van der Waals surface area contributed by atoms with E-state index in [0.717, 1.165) is 0 Å². The van der Waals surface area contributed by atoms with Crippen molar-refractivity contribution in [3.8, 4) is 11.5 Å². The van der Waals surface area contributed by atoms with Crippen LogP contribution in [-0.2, 0) is 0 Å². The van der Waals surface area contributed by atoms with Crippen LogP contribution in [-0.4, -0.2) is 85.0 Å². The maximum atomic E-state index is 13.4. The molecule has 0 amide bonds. The van der Waals surface area contributed by atoms with E-state index in [2.05, 4.69) is 16.0 Å². The van der Waals surface area contributed by atoms with Crippen molar-refractivity contribution < 1.29 is 29.6 Å². The Morgan fingerprint density at radius 1 is 0.781 bits per heavy atom. The van der Waals surface area contributed by atoms with E-state index in [1.165, 1.54) is 26.2 Å². The lowest BCUT2D eigenvalue weighted by molar-refractivity contribution is -0.838. The van der Waals surface area contributed by atoms with Crippen molar-refractivity contribution in [2.45, 2.75) is 0 Å². The number of hydrogen-bond donors (Lipinski definition) is 6. The van der Waals surface area contributed by atoms with Crippen LogP contribution in [0.2, 0.25) is 0 Å². The first-order valence-corrected chi connectivity index (χ1v) is 10.3. The number of nitrogens with one attached hydrogen (secondary N) is 3. The van der Waals surface area contributed by atoms with Crippen LogP contribution in [0, 0.1) is 5.21 Å². The van der Waals surface area contributed by atoms with Crippen molar-refractivity contribution in [1.29, 1.82) is 0 Å². The summed E-state index contributed by atoms with van der Waals surface area (Å²) in [4.78, 5) is 26.8. The SMILES string of the molecule is C[N+](C)([O-])CCNc1ccc(NCCNCCO)c2c1C(=O)c1c(O)ccc(O)c1C2=O. The average Bonchev–Trinajstić information content (AvgIpc) is 2.73. The molecule has 3 rings (SSSR count). The molecule has 0 spiro atoms. The van der Waals surface area contributed by atoms with Gasteiger partial charge >= 0.3 is 0 Å². The fourth-order valence-corrected chi connectivity index (χ4v) is 3.61. The van der Waals surface area contributed by atoms with Gasteiger partial charge in [-0.3, -0.25) is 9.59 Å². The maximum absolute atomic E-state index is 13.4. The smallest absolute Gasteiger partial charge is 0.200 e. The molecule has 6 N–H and O–H groups in total. The second kappa shape index (κ2) is 9.53. The predicted molar refractivity (Wildman–Crippen MR) is 120 cm³/mol. The molecular weight excluding hydrogens is 416 g/mol. The summed E-state index contributed by atoms with van der Waals surface area (Å²) < 4.78 is -0.528. The Labute approximate surface area is 185 Å². The highest BCUT2D eigenvalue weighted by molar-refractivity contribution is 6.33. The van der Waals surface area contributed by atoms with Gasteiger partial charge < -0.3 is 41.1 Å². The van der Waals surface area contributed by atoms with Crippen LogP contribution < -0.4 is 16.0 Å². The molecule has 0 saturated carbocycles. The van der Waals surface area contributed by atoms with E-state index in [4.69, 9.17) is 5.11 Å². The second-order valence-corrected chi connectivity index (χ2v) is 8.05. The van der Waals surface area contributed by atoms with Crippen LogP contribution in [0.5, 0.6) is 11.5 Å². The molecule has 0 aliphatic heterocycles. The van der Waals surface area contributed by atoms with Crippen LogP contribution in [0.4, 0.5) is 11.4 Å². The number of aromatic hydroxyl groups is 2. The number of nitrogens with zero attached hydrogens (tertiary/aromatic N) is 1. The van der Waals surface area contributed by atoms with Crippen LogP contribution in [0.25, 0.3) is 0 Å². The van der Waals surface area contributed by atoms with Gasteiger partial charge in [-0.15, -0.1) is 0 Å². The number of benzene rings is 2. The number of aliphatic hydroxyl groups is 1. The number of phenols is 2. The summed E-state index contributed by atoms with van der Waals surface area (Å²) in [5, 5.41) is 50.5. The molecule has 0 radical (unpaired) electrons. The lowest BCUT2D eigenvalue weighted by Crippen LogP contribution is -2.37. The first-order chi connectivity index (χ1) is 15.2. The van der Waals surface area contributed by atoms with Crippen LogP contribution in [0.1, 0.15) is 31.8 Å². The van der Waals surface area contributed by atoms with Gasteiger partial charge in [0.15, 0.2) is 0 Å². The highest BCUT2D eigenvalue weighted by Gasteiger charge is 2.37. The summed E-state index contributed by atoms with van der Waals surface area (Å²) in [6.07, 6.45) is 0. The molecule has 32 heavy (non-hydrogen) atoms. The van der Waals surface area contributed by atoms with Crippen molar-refractivity contribution in [3.05, 3.63) is 51.7 Å². The molecule has 1 aliphatic carbocycles. The number of hydrogen-bond acceptors (Lipinski definition) is 9. The van der Waals surface area contributed by atoms with E-state index in [0.29, 0.717) is 31.0 Å². The molecule has 0 atom stereocenters. The largest absolute Gasteiger partial charge is 0.633 e. The Balaban J connectivity index is 2.02. The number of quaternary nitrogens is 1. The number of ketones is 2. The van der Waals surface area contributed by atoms with E-state index in [1.807, 2.05) is 0 Å². The summed E-state index contributed by atoms with van der Waals surface area (Å²) in [6, 6.07) is 5.64. The number of carbonyl (C=O) groups excluding carboxylic acids is 2. The third-order valence-corrected chi connectivity index (χ3v) is 5.15. The molecule has 2 aromatic rings. The van der Waals surface area contributed by atoms with Gasteiger partial charge in [0, 0.05) is 31.0 Å². The summed E-state index contributed by atoms with van der Waals surface area (Å²) in [7, 11) is 3.00. The fourth-order valence-electron chi connectivity index (χ4n) is 3.61. The summed E-state index contributed by atoms with van der Waals surface area (Å²) in [6.45, 7) is 1.85. The van der Waals surface area contributed by atoms with Gasteiger partial charge in [-0.05, 0) is 24.3 Å². The highest BCUT2D eigenvalue weighted by Crippen LogP contribution is 2.42. The Kier molecular flexibility index (Phi) is 6.99. The van der Waals surface area contributed by atoms with Gasteiger partial charge in [0.05, 0.1) is 56.0 Å². The Morgan fingerprint density at radius 3 is 1.75 bits per heavy atom. The third kappa shape index (κ3) is 4.83. The maximum Gasteiger partial charge on any atom is 0.200 e. The number of aliphatic hydroxyl groups excluding tert-OH is 1. The Bertz CT molecular complexity index is 1030. The molecule has 0 unspecified atom stereocenters. The highest BCUT2D eigenvalue weighted by atomic mass is 16.5. The molecule has 10 nitrogen and oxygen atoms in total. The lowest BCUT2D eigenvalue weighted by atomic mass is 9.81. The van der Waals surface area contributed by atoms with Crippen molar-refractivity contribution in [2.75, 3.05) is 64.1 Å². The van der Waals surface area contributed by atoms with E-state index >= 15 is 0 Å². The van der Waals surface area contributed by atoms with E-state index in [1.54, 1.807) is 12.1 Å². The molecular formula is C22H28N4O6. The molecule has 0 heterocycles. The van der Waals surface area contributed by atoms with Gasteiger partial charge in [-0.25, -0.2) is 0 Å². The number of fused-ring (bicyclic) bond motifs is 2. The monoisotopic (exact) mass is 444 g/mol. The van der Waals surface area contributed by atoms with E-state index in [9.17, 15) is 25.0 Å². The van der Waals surface area contributed by atoms with E-state index < -0.39 is 22.0 Å². The normalized spacial score (nSPS) is 13.0. The number of carbonyl (C=O) groups is 2. The topological polar surface area (TPSA) is 154 Å². The average molecular weight is 444 g/mol. The van der Waals surface area contributed by atoms with Crippen molar-refractivity contribution in [2.24, 2.45) is 0 Å². The number of anilines is 2. The first kappa shape index (κ1) is 23.5. The van der Waals surface area contributed by atoms with Gasteiger partial charge in [0.25, 0.3) is 0 Å². The number of rotatable bonds is 10. The standard InChI is InChI=1S/C22H28N4O6/c1-26(2,32)11-9-25-14-4-3-13(24-8-7-23-10-12-27)17-18(14)22(31)20-16(29)6-5-15(28)19(20)21(17)30/h3-6,23-25,27-29H,7-12H2,1-2H3. The lowest BCUT2D eigenvalue weighted by Gasteiger charge is -2.34. The Hall–Kier alpha value is -3.18. The minimum atomic E-state index is -0.594. The molecule has 0 fully saturated rings. The molecule has 0 bridgehead atoms. The zero-order valence-corrected chi connectivity index (χ0v) is 18.1. The minimum Gasteiger partial charge on any atom is -0.633 e. The van der Waals surface area contributed by atoms with Gasteiger partial charge in [0.2, 0.25) is 11.6 Å². The van der Waals surface area contributed by atoms with Crippen molar-refractivity contribution >= 4 is 22.9 Å².